The smallest absolute Gasteiger partial charge is 0.251 e. The molecule has 0 aliphatic heterocycles. The molecule has 3 aromatic rings. The first kappa shape index (κ1) is 18.5. The van der Waals surface area contributed by atoms with Gasteiger partial charge < -0.3 is 10.6 Å². The second-order valence-corrected chi connectivity index (χ2v) is 6.45. The van der Waals surface area contributed by atoms with Crippen molar-refractivity contribution < 1.29 is 4.79 Å². The third-order valence-electron chi connectivity index (χ3n) is 4.52. The van der Waals surface area contributed by atoms with Crippen LogP contribution >= 0.6 is 0 Å². The van der Waals surface area contributed by atoms with Crippen LogP contribution in [0.4, 0.5) is 5.69 Å². The molecule has 0 saturated carbocycles. The van der Waals surface area contributed by atoms with Crippen molar-refractivity contribution in [1.82, 2.24) is 20.5 Å². The van der Waals surface area contributed by atoms with E-state index in [0.717, 1.165) is 33.6 Å². The minimum absolute atomic E-state index is 0.0955. The van der Waals surface area contributed by atoms with Crippen molar-refractivity contribution >= 4 is 11.6 Å². The van der Waals surface area contributed by atoms with Gasteiger partial charge in [0, 0.05) is 42.3 Å². The minimum atomic E-state index is -0.0955. The number of aromatic nitrogens is 3. The Kier molecular flexibility index (Phi) is 5.76. The highest BCUT2D eigenvalue weighted by atomic mass is 16.1. The second kappa shape index (κ2) is 8.40. The minimum Gasteiger partial charge on any atom is -0.383 e. The molecule has 2 heterocycles. The van der Waals surface area contributed by atoms with Gasteiger partial charge in [0.1, 0.15) is 0 Å². The summed E-state index contributed by atoms with van der Waals surface area (Å²) in [5, 5.41) is 14.5. The van der Waals surface area contributed by atoms with Crippen LogP contribution < -0.4 is 10.6 Å². The van der Waals surface area contributed by atoms with Crippen LogP contribution in [-0.4, -0.2) is 34.2 Å². The molecule has 2 aromatic heterocycles. The third kappa shape index (κ3) is 4.47. The molecule has 0 aliphatic carbocycles. The molecule has 0 saturated heterocycles. The first-order valence-corrected chi connectivity index (χ1v) is 8.88. The van der Waals surface area contributed by atoms with Crippen molar-refractivity contribution in [2.75, 3.05) is 18.4 Å². The van der Waals surface area contributed by atoms with Crippen LogP contribution in [0.15, 0.2) is 48.9 Å². The van der Waals surface area contributed by atoms with Crippen molar-refractivity contribution in [3.05, 3.63) is 71.2 Å². The summed E-state index contributed by atoms with van der Waals surface area (Å²) in [4.78, 5) is 16.4. The highest BCUT2D eigenvalue weighted by Gasteiger charge is 2.09. The molecule has 2 N–H and O–H groups in total. The topological polar surface area (TPSA) is 79.8 Å². The van der Waals surface area contributed by atoms with Gasteiger partial charge in [0.2, 0.25) is 0 Å². The lowest BCUT2D eigenvalue weighted by Gasteiger charge is -2.10. The van der Waals surface area contributed by atoms with E-state index in [2.05, 4.69) is 25.8 Å². The number of hydrogen-bond donors (Lipinski definition) is 2. The molecule has 3 rings (SSSR count). The van der Waals surface area contributed by atoms with Crippen molar-refractivity contribution in [3.63, 3.8) is 0 Å². The Morgan fingerprint density at radius 1 is 0.963 bits per heavy atom. The number of rotatable bonds is 6. The number of pyridine rings is 1. The summed E-state index contributed by atoms with van der Waals surface area (Å²) in [6.07, 6.45) is 5.31. The van der Waals surface area contributed by atoms with Gasteiger partial charge >= 0.3 is 0 Å². The molecule has 138 valence electrons. The van der Waals surface area contributed by atoms with Crippen LogP contribution in [0.2, 0.25) is 0 Å². The maximum absolute atomic E-state index is 12.3. The van der Waals surface area contributed by atoms with E-state index in [4.69, 9.17) is 0 Å². The van der Waals surface area contributed by atoms with E-state index in [1.165, 1.54) is 0 Å². The molecule has 0 unspecified atom stereocenters. The van der Waals surface area contributed by atoms with Crippen molar-refractivity contribution in [3.8, 4) is 11.3 Å². The predicted molar refractivity (Wildman–Crippen MR) is 107 cm³/mol. The number of benzene rings is 1. The maximum Gasteiger partial charge on any atom is 0.251 e. The van der Waals surface area contributed by atoms with Crippen molar-refractivity contribution in [2.24, 2.45) is 0 Å². The average Bonchev–Trinajstić information content (AvgIpc) is 2.68. The maximum atomic E-state index is 12.3. The van der Waals surface area contributed by atoms with E-state index >= 15 is 0 Å². The van der Waals surface area contributed by atoms with Crippen LogP contribution in [-0.2, 0) is 0 Å². The summed E-state index contributed by atoms with van der Waals surface area (Å²) in [6, 6.07) is 9.36. The zero-order chi connectivity index (χ0) is 19.2. The second-order valence-electron chi connectivity index (χ2n) is 6.45. The van der Waals surface area contributed by atoms with Gasteiger partial charge in [0.05, 0.1) is 11.9 Å². The molecule has 0 fully saturated rings. The Morgan fingerprint density at radius 2 is 1.74 bits per heavy atom. The van der Waals surface area contributed by atoms with Crippen molar-refractivity contribution in [2.45, 2.75) is 20.8 Å². The lowest BCUT2D eigenvalue weighted by Crippen LogP contribution is -2.28. The number of amides is 1. The Morgan fingerprint density at radius 3 is 2.48 bits per heavy atom. The van der Waals surface area contributed by atoms with Gasteiger partial charge in [-0.3, -0.25) is 9.78 Å². The molecule has 6 heteroatoms. The standard InChI is InChI=1S/C21H23N5O/c1-14-13-25-26-20(16(14)3)17-4-6-18(7-5-17)21(27)24-11-10-23-19-8-9-22-12-15(19)2/h4-9,12-13H,10-11H2,1-3H3,(H,22,23)(H,24,27). The van der Waals surface area contributed by atoms with Gasteiger partial charge in [-0.05, 0) is 55.7 Å². The molecule has 0 spiro atoms. The van der Waals surface area contributed by atoms with E-state index < -0.39 is 0 Å². The van der Waals surface area contributed by atoms with Crippen LogP contribution in [0.5, 0.6) is 0 Å². The molecule has 0 radical (unpaired) electrons. The van der Waals surface area contributed by atoms with Gasteiger partial charge in [-0.1, -0.05) is 12.1 Å². The fourth-order valence-corrected chi connectivity index (χ4v) is 2.73. The highest BCUT2D eigenvalue weighted by molar-refractivity contribution is 5.94. The Labute approximate surface area is 159 Å². The molecule has 6 nitrogen and oxygen atoms in total. The summed E-state index contributed by atoms with van der Waals surface area (Å²) < 4.78 is 0. The highest BCUT2D eigenvalue weighted by Crippen LogP contribution is 2.22. The molecule has 27 heavy (non-hydrogen) atoms. The summed E-state index contributed by atoms with van der Waals surface area (Å²) >= 11 is 0. The Balaban J connectivity index is 1.56. The van der Waals surface area contributed by atoms with Crippen LogP contribution in [0.1, 0.15) is 27.0 Å². The normalized spacial score (nSPS) is 10.5. The molecule has 1 aromatic carbocycles. The molecular weight excluding hydrogens is 338 g/mol. The van der Waals surface area contributed by atoms with E-state index in [0.29, 0.717) is 18.7 Å². The molecule has 0 bridgehead atoms. The van der Waals surface area contributed by atoms with E-state index in [1.807, 2.05) is 57.3 Å². The lowest BCUT2D eigenvalue weighted by atomic mass is 10.0. The Hall–Kier alpha value is -3.28. The SMILES string of the molecule is Cc1cnccc1NCCNC(=O)c1ccc(-c2nncc(C)c2C)cc1. The summed E-state index contributed by atoms with van der Waals surface area (Å²) in [5.41, 5.74) is 6.72. The zero-order valence-electron chi connectivity index (χ0n) is 15.8. The molecule has 1 amide bonds. The number of anilines is 1. The largest absolute Gasteiger partial charge is 0.383 e. The fraction of sp³-hybridized carbons (Fsp3) is 0.238. The van der Waals surface area contributed by atoms with Gasteiger partial charge in [-0.15, -0.1) is 0 Å². The monoisotopic (exact) mass is 361 g/mol. The number of hydrogen-bond acceptors (Lipinski definition) is 5. The summed E-state index contributed by atoms with van der Waals surface area (Å²) in [7, 11) is 0. The van der Waals surface area contributed by atoms with Gasteiger partial charge in [-0.2, -0.15) is 10.2 Å². The van der Waals surface area contributed by atoms with Gasteiger partial charge in [0.15, 0.2) is 0 Å². The predicted octanol–water partition coefficient (Wildman–Crippen LogP) is 3.31. The number of carbonyl (C=O) groups is 1. The van der Waals surface area contributed by atoms with E-state index in [-0.39, 0.29) is 5.91 Å². The quantitative estimate of drug-likeness (QED) is 0.659. The summed E-state index contributed by atoms with van der Waals surface area (Å²) in [6.45, 7) is 7.21. The third-order valence-corrected chi connectivity index (χ3v) is 4.52. The van der Waals surface area contributed by atoms with Crippen LogP contribution in [0.25, 0.3) is 11.3 Å². The number of aryl methyl sites for hydroxylation is 2. The first-order chi connectivity index (χ1) is 13.1. The number of carbonyl (C=O) groups excluding carboxylic acids is 1. The molecular formula is C21H23N5O. The van der Waals surface area contributed by atoms with Crippen molar-refractivity contribution in [1.29, 1.82) is 0 Å². The number of nitrogens with one attached hydrogen (secondary N) is 2. The lowest BCUT2D eigenvalue weighted by molar-refractivity contribution is 0.0955. The van der Waals surface area contributed by atoms with E-state index in [9.17, 15) is 4.79 Å². The Bertz CT molecular complexity index is 938. The van der Waals surface area contributed by atoms with E-state index in [1.54, 1.807) is 12.4 Å². The molecule has 0 aliphatic rings. The summed E-state index contributed by atoms with van der Waals surface area (Å²) in [5.74, 6) is -0.0955. The first-order valence-electron chi connectivity index (χ1n) is 8.88. The van der Waals surface area contributed by atoms with Crippen LogP contribution in [0.3, 0.4) is 0 Å². The fourth-order valence-electron chi connectivity index (χ4n) is 2.73. The van der Waals surface area contributed by atoms with Gasteiger partial charge in [-0.25, -0.2) is 0 Å². The number of nitrogens with zero attached hydrogens (tertiary/aromatic N) is 3. The average molecular weight is 361 g/mol. The van der Waals surface area contributed by atoms with Gasteiger partial charge in [0.25, 0.3) is 5.91 Å². The van der Waals surface area contributed by atoms with Crippen LogP contribution in [0, 0.1) is 20.8 Å². The zero-order valence-corrected chi connectivity index (χ0v) is 15.8. The molecule has 0 atom stereocenters.